The van der Waals surface area contributed by atoms with Gasteiger partial charge in [0, 0.05) is 43.5 Å². The average molecular weight is 512 g/mol. The number of pyridine rings is 1. The lowest BCUT2D eigenvalue weighted by Gasteiger charge is -2.28. The summed E-state index contributed by atoms with van der Waals surface area (Å²) in [5.41, 5.74) is 3.53. The number of alkyl halides is 3. The van der Waals surface area contributed by atoms with Gasteiger partial charge in [-0.3, -0.25) is 9.78 Å². The Labute approximate surface area is 210 Å². The molecular formula is C26H23F3N4O4. The van der Waals surface area contributed by atoms with Crippen molar-refractivity contribution in [2.75, 3.05) is 37.7 Å². The standard InChI is InChI=1S/C26H23F3N4O4/c27-26(28,29)25(35)37-33-22-8-10-31-24(34)21(22)16-23(33)18-7-9-30-19(15-18)4-1-17-2-5-20(6-3-17)32-11-13-36-14-12-32/h1-7,9,15-16H,8,10-14H2,(H,31,34). The number of carbonyl (C=O) groups is 2. The molecular weight excluding hydrogens is 489 g/mol. The number of ether oxygens (including phenoxy) is 1. The molecule has 0 radical (unpaired) electrons. The first kappa shape index (κ1) is 24.6. The van der Waals surface area contributed by atoms with E-state index >= 15 is 0 Å². The van der Waals surface area contributed by atoms with Crippen molar-refractivity contribution >= 4 is 29.7 Å². The Balaban J connectivity index is 1.41. The third kappa shape index (κ3) is 5.36. The van der Waals surface area contributed by atoms with Crippen LogP contribution in [-0.2, 0) is 16.0 Å². The minimum atomic E-state index is -5.19. The highest BCUT2D eigenvalue weighted by Crippen LogP contribution is 2.29. The molecule has 2 aromatic heterocycles. The summed E-state index contributed by atoms with van der Waals surface area (Å²) in [6.07, 6.45) is 0.170. The van der Waals surface area contributed by atoms with Gasteiger partial charge in [-0.15, -0.1) is 0 Å². The zero-order chi connectivity index (χ0) is 26.0. The van der Waals surface area contributed by atoms with Gasteiger partial charge in [0.1, 0.15) is 0 Å². The smallest absolute Gasteiger partial charge is 0.378 e. The first-order valence-electron chi connectivity index (χ1n) is 11.7. The van der Waals surface area contributed by atoms with E-state index in [1.807, 2.05) is 30.3 Å². The first-order valence-corrected chi connectivity index (χ1v) is 11.7. The van der Waals surface area contributed by atoms with Crippen LogP contribution in [0.5, 0.6) is 0 Å². The summed E-state index contributed by atoms with van der Waals surface area (Å²) < 4.78 is 45.0. The number of halogens is 3. The Bertz CT molecular complexity index is 1340. The number of nitrogens with one attached hydrogen (secondary N) is 1. The quantitative estimate of drug-likeness (QED) is 0.565. The summed E-state index contributed by atoms with van der Waals surface area (Å²) in [5.74, 6) is -2.81. The minimum Gasteiger partial charge on any atom is -0.378 e. The Hall–Kier alpha value is -4.12. The van der Waals surface area contributed by atoms with Crippen molar-refractivity contribution in [1.29, 1.82) is 0 Å². The molecule has 8 nitrogen and oxygen atoms in total. The van der Waals surface area contributed by atoms with Gasteiger partial charge < -0.3 is 19.8 Å². The van der Waals surface area contributed by atoms with Crippen LogP contribution in [0.3, 0.4) is 0 Å². The molecule has 1 fully saturated rings. The summed E-state index contributed by atoms with van der Waals surface area (Å²) in [5, 5.41) is 2.64. The second-order valence-corrected chi connectivity index (χ2v) is 8.56. The lowest BCUT2D eigenvalue weighted by atomic mass is 10.1. The largest absolute Gasteiger partial charge is 0.493 e. The van der Waals surface area contributed by atoms with Crippen LogP contribution >= 0.6 is 0 Å². The van der Waals surface area contributed by atoms with Crippen molar-refractivity contribution < 1.29 is 32.3 Å². The van der Waals surface area contributed by atoms with Crippen LogP contribution in [-0.4, -0.2) is 60.6 Å². The fraction of sp³-hybridized carbons (Fsp3) is 0.269. The number of hydrogen-bond donors (Lipinski definition) is 1. The highest BCUT2D eigenvalue weighted by molar-refractivity contribution is 5.98. The second-order valence-electron chi connectivity index (χ2n) is 8.56. The molecule has 1 saturated heterocycles. The second kappa shape index (κ2) is 10.1. The third-order valence-electron chi connectivity index (χ3n) is 6.15. The Morgan fingerprint density at radius 2 is 1.84 bits per heavy atom. The molecule has 0 unspecified atom stereocenters. The number of benzene rings is 1. The fourth-order valence-corrected chi connectivity index (χ4v) is 4.29. The van der Waals surface area contributed by atoms with Crippen LogP contribution in [0, 0.1) is 0 Å². The monoisotopic (exact) mass is 512 g/mol. The molecule has 0 spiro atoms. The first-order chi connectivity index (χ1) is 17.8. The molecule has 0 saturated carbocycles. The predicted octanol–water partition coefficient (Wildman–Crippen LogP) is 3.36. The molecule has 3 aromatic rings. The van der Waals surface area contributed by atoms with E-state index in [0.29, 0.717) is 24.5 Å². The summed E-state index contributed by atoms with van der Waals surface area (Å²) in [6, 6.07) is 12.7. The van der Waals surface area contributed by atoms with E-state index in [4.69, 9.17) is 9.57 Å². The van der Waals surface area contributed by atoms with E-state index in [2.05, 4.69) is 15.2 Å². The highest BCUT2D eigenvalue weighted by atomic mass is 19.4. The van der Waals surface area contributed by atoms with E-state index in [1.165, 1.54) is 12.3 Å². The number of rotatable bonds is 5. The maximum atomic E-state index is 12.9. The molecule has 5 rings (SSSR count). The molecule has 4 heterocycles. The summed E-state index contributed by atoms with van der Waals surface area (Å²) in [7, 11) is 0. The van der Waals surface area contributed by atoms with Crippen molar-refractivity contribution in [2.24, 2.45) is 0 Å². The Morgan fingerprint density at radius 1 is 1.08 bits per heavy atom. The Morgan fingerprint density at radius 3 is 2.57 bits per heavy atom. The molecule has 1 aromatic carbocycles. The van der Waals surface area contributed by atoms with Crippen LogP contribution in [0.1, 0.15) is 27.3 Å². The molecule has 11 heteroatoms. The normalized spacial score (nSPS) is 16.0. The summed E-state index contributed by atoms with van der Waals surface area (Å²) >= 11 is 0. The number of amides is 1. The molecule has 192 valence electrons. The van der Waals surface area contributed by atoms with Crippen LogP contribution in [0.25, 0.3) is 23.4 Å². The van der Waals surface area contributed by atoms with Crippen LogP contribution < -0.4 is 15.1 Å². The number of morpholine rings is 1. The highest BCUT2D eigenvalue weighted by Gasteiger charge is 2.43. The fourth-order valence-electron chi connectivity index (χ4n) is 4.29. The molecule has 2 aliphatic rings. The van der Waals surface area contributed by atoms with Crippen molar-refractivity contribution in [1.82, 2.24) is 15.0 Å². The van der Waals surface area contributed by atoms with Crippen molar-refractivity contribution in [3.8, 4) is 11.3 Å². The maximum Gasteiger partial charge on any atom is 0.493 e. The third-order valence-corrected chi connectivity index (χ3v) is 6.15. The number of hydrogen-bond acceptors (Lipinski definition) is 6. The Kier molecular flexibility index (Phi) is 6.70. The van der Waals surface area contributed by atoms with Crippen molar-refractivity contribution in [2.45, 2.75) is 12.6 Å². The topological polar surface area (TPSA) is 85.7 Å². The van der Waals surface area contributed by atoms with Gasteiger partial charge in [-0.25, -0.2) is 4.79 Å². The van der Waals surface area contributed by atoms with Gasteiger partial charge in [0.05, 0.1) is 35.9 Å². The van der Waals surface area contributed by atoms with Gasteiger partial charge in [-0.1, -0.05) is 18.2 Å². The number of carbonyl (C=O) groups excluding carboxylic acids is 2. The lowest BCUT2D eigenvalue weighted by Crippen LogP contribution is -2.37. The summed E-state index contributed by atoms with van der Waals surface area (Å²) in [6.45, 7) is 3.31. The lowest BCUT2D eigenvalue weighted by molar-refractivity contribution is -0.199. The van der Waals surface area contributed by atoms with Gasteiger partial charge in [-0.05, 0) is 42.0 Å². The van der Waals surface area contributed by atoms with Gasteiger partial charge in [0.2, 0.25) is 0 Å². The van der Waals surface area contributed by atoms with Crippen molar-refractivity contribution in [3.05, 3.63) is 71.2 Å². The van der Waals surface area contributed by atoms with E-state index in [1.54, 1.807) is 18.2 Å². The molecule has 0 aliphatic carbocycles. The molecule has 0 atom stereocenters. The summed E-state index contributed by atoms with van der Waals surface area (Å²) in [4.78, 5) is 35.2. The van der Waals surface area contributed by atoms with Crippen LogP contribution in [0.15, 0.2) is 48.7 Å². The molecule has 37 heavy (non-hydrogen) atoms. The van der Waals surface area contributed by atoms with Crippen molar-refractivity contribution in [3.63, 3.8) is 0 Å². The zero-order valence-electron chi connectivity index (χ0n) is 19.6. The number of aromatic nitrogens is 2. The SMILES string of the molecule is O=C1NCCc2c1cc(-c1ccnc(C=Cc3ccc(N4CCOCC4)cc3)c1)n2OC(=O)C(F)(F)F. The van der Waals surface area contributed by atoms with E-state index in [-0.39, 0.29) is 29.9 Å². The maximum absolute atomic E-state index is 12.9. The molecule has 2 aliphatic heterocycles. The zero-order valence-corrected chi connectivity index (χ0v) is 19.6. The van der Waals surface area contributed by atoms with Crippen LogP contribution in [0.4, 0.5) is 18.9 Å². The molecule has 0 bridgehead atoms. The number of anilines is 1. The predicted molar refractivity (Wildman–Crippen MR) is 130 cm³/mol. The van der Waals surface area contributed by atoms with Gasteiger partial charge >= 0.3 is 12.1 Å². The average Bonchev–Trinajstić information content (AvgIpc) is 3.27. The minimum absolute atomic E-state index is 0.145. The molecule has 1 N–H and O–H groups in total. The van der Waals surface area contributed by atoms with Crippen LogP contribution in [0.2, 0.25) is 0 Å². The van der Waals surface area contributed by atoms with E-state index in [9.17, 15) is 22.8 Å². The number of nitrogens with zero attached hydrogens (tertiary/aromatic N) is 3. The van der Waals surface area contributed by atoms with Gasteiger partial charge in [0.15, 0.2) is 0 Å². The van der Waals surface area contributed by atoms with E-state index in [0.717, 1.165) is 29.1 Å². The van der Waals surface area contributed by atoms with Gasteiger partial charge in [0.25, 0.3) is 5.91 Å². The molecule has 1 amide bonds. The van der Waals surface area contributed by atoms with E-state index < -0.39 is 18.1 Å². The van der Waals surface area contributed by atoms with Gasteiger partial charge in [-0.2, -0.15) is 17.9 Å². The number of fused-ring (bicyclic) bond motifs is 1.